The number of rotatable bonds is 3. The second kappa shape index (κ2) is 6.75. The minimum absolute atomic E-state index is 0.203. The van der Waals surface area contributed by atoms with E-state index < -0.39 is 0 Å². The van der Waals surface area contributed by atoms with Crippen LogP contribution in [0.15, 0.2) is 24.5 Å². The fourth-order valence-corrected chi connectivity index (χ4v) is 3.48. The molecule has 3 rings (SSSR count). The first-order chi connectivity index (χ1) is 10.7. The molecule has 0 bridgehead atoms. The Hall–Kier alpha value is -1.46. The van der Waals surface area contributed by atoms with Crippen molar-refractivity contribution in [2.45, 2.75) is 26.3 Å². The standard InChI is InChI=1S/C17H26N4O/c1-17(5-2-6-19-14-17)16(22)21-11-9-20(10-12-21)13-15-3-7-18-8-4-15/h3-4,7-8,19H,2,5-6,9-14H2,1H3. The van der Waals surface area contributed by atoms with Gasteiger partial charge in [0, 0.05) is 51.7 Å². The van der Waals surface area contributed by atoms with Crippen molar-refractivity contribution in [3.05, 3.63) is 30.1 Å². The number of carbonyl (C=O) groups excluding carboxylic acids is 1. The highest BCUT2D eigenvalue weighted by atomic mass is 16.2. The summed E-state index contributed by atoms with van der Waals surface area (Å²) in [7, 11) is 0. The van der Waals surface area contributed by atoms with Crippen LogP contribution < -0.4 is 5.32 Å². The lowest BCUT2D eigenvalue weighted by Crippen LogP contribution is -2.55. The Morgan fingerprint density at radius 2 is 2.00 bits per heavy atom. The Labute approximate surface area is 132 Å². The number of pyridine rings is 1. The Bertz CT molecular complexity index is 491. The summed E-state index contributed by atoms with van der Waals surface area (Å²) in [5, 5.41) is 3.37. The number of nitrogens with one attached hydrogen (secondary N) is 1. The highest BCUT2D eigenvalue weighted by molar-refractivity contribution is 5.82. The summed E-state index contributed by atoms with van der Waals surface area (Å²) in [6.45, 7) is 8.54. The normalized spacial score (nSPS) is 26.9. The van der Waals surface area contributed by atoms with E-state index >= 15 is 0 Å². The number of nitrogens with zero attached hydrogens (tertiary/aromatic N) is 3. The van der Waals surface area contributed by atoms with Gasteiger partial charge in [-0.1, -0.05) is 0 Å². The largest absolute Gasteiger partial charge is 0.340 e. The minimum atomic E-state index is -0.203. The molecule has 1 aromatic heterocycles. The van der Waals surface area contributed by atoms with Gasteiger partial charge in [-0.25, -0.2) is 0 Å². The topological polar surface area (TPSA) is 48.5 Å². The first-order valence-electron chi connectivity index (χ1n) is 8.29. The molecule has 1 aromatic rings. The quantitative estimate of drug-likeness (QED) is 0.909. The molecule has 3 heterocycles. The van der Waals surface area contributed by atoms with Crippen LogP contribution in [0.25, 0.3) is 0 Å². The Morgan fingerprint density at radius 1 is 1.27 bits per heavy atom. The van der Waals surface area contributed by atoms with Gasteiger partial charge in [-0.3, -0.25) is 14.7 Å². The molecule has 1 atom stereocenters. The maximum Gasteiger partial charge on any atom is 0.229 e. The van der Waals surface area contributed by atoms with Crippen molar-refractivity contribution in [3.63, 3.8) is 0 Å². The Kier molecular flexibility index (Phi) is 4.74. The van der Waals surface area contributed by atoms with Gasteiger partial charge in [-0.05, 0) is 44.0 Å². The highest BCUT2D eigenvalue weighted by Crippen LogP contribution is 2.28. The summed E-state index contributed by atoms with van der Waals surface area (Å²) < 4.78 is 0. The van der Waals surface area contributed by atoms with Crippen molar-refractivity contribution in [2.75, 3.05) is 39.3 Å². The lowest BCUT2D eigenvalue weighted by atomic mass is 9.81. The molecule has 120 valence electrons. The molecule has 0 aromatic carbocycles. The number of hydrogen-bond acceptors (Lipinski definition) is 4. The van der Waals surface area contributed by atoms with Crippen molar-refractivity contribution >= 4 is 5.91 Å². The third-order valence-electron chi connectivity index (χ3n) is 4.93. The van der Waals surface area contributed by atoms with Crippen LogP contribution in [0.2, 0.25) is 0 Å². The fraction of sp³-hybridized carbons (Fsp3) is 0.647. The monoisotopic (exact) mass is 302 g/mol. The number of amides is 1. The number of carbonyl (C=O) groups is 1. The van der Waals surface area contributed by atoms with Crippen LogP contribution in [-0.4, -0.2) is 60.0 Å². The Morgan fingerprint density at radius 3 is 2.64 bits per heavy atom. The van der Waals surface area contributed by atoms with E-state index in [9.17, 15) is 4.79 Å². The van der Waals surface area contributed by atoms with Crippen LogP contribution in [0.1, 0.15) is 25.3 Å². The van der Waals surface area contributed by atoms with Gasteiger partial charge in [-0.2, -0.15) is 0 Å². The summed E-state index contributed by atoms with van der Waals surface area (Å²) >= 11 is 0. The lowest BCUT2D eigenvalue weighted by Gasteiger charge is -2.41. The van der Waals surface area contributed by atoms with E-state index in [1.807, 2.05) is 12.4 Å². The van der Waals surface area contributed by atoms with E-state index in [1.54, 1.807) is 0 Å². The molecule has 1 N–H and O–H groups in total. The zero-order valence-corrected chi connectivity index (χ0v) is 13.4. The van der Waals surface area contributed by atoms with Crippen molar-refractivity contribution in [2.24, 2.45) is 5.41 Å². The van der Waals surface area contributed by atoms with Crippen molar-refractivity contribution in [1.29, 1.82) is 0 Å². The van der Waals surface area contributed by atoms with Gasteiger partial charge in [0.2, 0.25) is 5.91 Å². The van der Waals surface area contributed by atoms with Gasteiger partial charge in [0.1, 0.15) is 0 Å². The van der Waals surface area contributed by atoms with E-state index in [0.29, 0.717) is 5.91 Å². The van der Waals surface area contributed by atoms with E-state index in [-0.39, 0.29) is 5.41 Å². The van der Waals surface area contributed by atoms with Gasteiger partial charge < -0.3 is 10.2 Å². The molecular weight excluding hydrogens is 276 g/mol. The molecule has 5 nitrogen and oxygen atoms in total. The van der Waals surface area contributed by atoms with Gasteiger partial charge in [0.05, 0.1) is 5.41 Å². The molecule has 2 aliphatic rings. The molecule has 2 saturated heterocycles. The first-order valence-corrected chi connectivity index (χ1v) is 8.29. The predicted octanol–water partition coefficient (Wildman–Crippen LogP) is 1.12. The van der Waals surface area contributed by atoms with Crippen molar-refractivity contribution in [3.8, 4) is 0 Å². The smallest absolute Gasteiger partial charge is 0.229 e. The van der Waals surface area contributed by atoms with Crippen LogP contribution in [0.3, 0.4) is 0 Å². The maximum atomic E-state index is 12.8. The molecule has 2 fully saturated rings. The van der Waals surface area contributed by atoms with Gasteiger partial charge in [-0.15, -0.1) is 0 Å². The number of piperidine rings is 1. The van der Waals surface area contributed by atoms with Crippen LogP contribution in [0.4, 0.5) is 0 Å². The molecule has 2 aliphatic heterocycles. The summed E-state index contributed by atoms with van der Waals surface area (Å²) in [6.07, 6.45) is 5.79. The predicted molar refractivity (Wildman–Crippen MR) is 86.3 cm³/mol. The zero-order chi connectivity index (χ0) is 15.4. The van der Waals surface area contributed by atoms with Crippen molar-refractivity contribution < 1.29 is 4.79 Å². The molecule has 0 aliphatic carbocycles. The second-order valence-corrected chi connectivity index (χ2v) is 6.76. The molecule has 0 saturated carbocycles. The number of aromatic nitrogens is 1. The lowest BCUT2D eigenvalue weighted by molar-refractivity contribution is -0.144. The molecule has 5 heteroatoms. The van der Waals surface area contributed by atoms with E-state index in [1.165, 1.54) is 5.56 Å². The number of piperazine rings is 1. The summed E-state index contributed by atoms with van der Waals surface area (Å²) in [5.74, 6) is 0.336. The number of hydrogen-bond donors (Lipinski definition) is 1. The molecule has 0 radical (unpaired) electrons. The summed E-state index contributed by atoms with van der Waals surface area (Å²) in [5.41, 5.74) is 1.09. The molecule has 1 amide bonds. The van der Waals surface area contributed by atoms with E-state index in [2.05, 4.69) is 39.2 Å². The molecule has 22 heavy (non-hydrogen) atoms. The second-order valence-electron chi connectivity index (χ2n) is 6.76. The minimum Gasteiger partial charge on any atom is -0.340 e. The van der Waals surface area contributed by atoms with Gasteiger partial charge >= 0.3 is 0 Å². The molecular formula is C17H26N4O. The molecule has 1 unspecified atom stereocenters. The maximum absolute atomic E-state index is 12.8. The van der Waals surface area contributed by atoms with Crippen LogP contribution >= 0.6 is 0 Å². The third kappa shape index (κ3) is 3.47. The van der Waals surface area contributed by atoms with Crippen molar-refractivity contribution in [1.82, 2.24) is 20.1 Å². The highest BCUT2D eigenvalue weighted by Gasteiger charge is 2.38. The third-order valence-corrected chi connectivity index (χ3v) is 4.93. The van der Waals surface area contributed by atoms with E-state index in [4.69, 9.17) is 0 Å². The SMILES string of the molecule is CC1(C(=O)N2CCN(Cc3ccncc3)CC2)CCCNC1. The van der Waals surface area contributed by atoms with Gasteiger partial charge in [0.15, 0.2) is 0 Å². The van der Waals surface area contributed by atoms with Crippen LogP contribution in [0.5, 0.6) is 0 Å². The Balaban J connectivity index is 1.52. The summed E-state index contributed by atoms with van der Waals surface area (Å²) in [6, 6.07) is 4.12. The average Bonchev–Trinajstić information content (AvgIpc) is 2.56. The first kappa shape index (κ1) is 15.4. The average molecular weight is 302 g/mol. The van der Waals surface area contributed by atoms with Crippen LogP contribution in [0, 0.1) is 5.41 Å². The molecule has 0 spiro atoms. The van der Waals surface area contributed by atoms with Crippen LogP contribution in [-0.2, 0) is 11.3 Å². The van der Waals surface area contributed by atoms with Gasteiger partial charge in [0.25, 0.3) is 0 Å². The van der Waals surface area contributed by atoms with E-state index in [0.717, 1.165) is 58.7 Å². The summed E-state index contributed by atoms with van der Waals surface area (Å²) in [4.78, 5) is 21.3. The zero-order valence-electron chi connectivity index (χ0n) is 13.4. The fourth-order valence-electron chi connectivity index (χ4n) is 3.48.